The molecule has 0 spiro atoms. The molecule has 220 valence electrons. The zero-order valence-corrected chi connectivity index (χ0v) is 23.1. The predicted molar refractivity (Wildman–Crippen MR) is 146 cm³/mol. The number of H-pyrrole nitrogens is 1. The number of amides is 1. The molecule has 2 aromatic rings. The largest absolute Gasteiger partial charge is 0.463 e. The van der Waals surface area contributed by atoms with Crippen molar-refractivity contribution in [3.05, 3.63) is 72.9 Å². The molecule has 41 heavy (non-hydrogen) atoms. The minimum Gasteiger partial charge on any atom is -0.463 e. The number of esters is 2. The summed E-state index contributed by atoms with van der Waals surface area (Å²) in [5, 5.41) is 6.80. The van der Waals surface area contributed by atoms with Gasteiger partial charge in [0.05, 0.1) is 18.9 Å². The van der Waals surface area contributed by atoms with Crippen molar-refractivity contribution in [3.63, 3.8) is 0 Å². The Bertz CT molecular complexity index is 1400. The van der Waals surface area contributed by atoms with E-state index in [0.717, 1.165) is 10.5 Å². The first-order chi connectivity index (χ1) is 19.7. The molecule has 16 heteroatoms. The summed E-state index contributed by atoms with van der Waals surface area (Å²) in [6.07, 6.45) is -0.377. The van der Waals surface area contributed by atoms with Crippen LogP contribution >= 0.6 is 11.8 Å². The van der Waals surface area contributed by atoms with Crippen LogP contribution < -0.4 is 22.3 Å². The zero-order chi connectivity index (χ0) is 29.8. The SMILES string of the molecule is Cc1cn([C@H]2CC(N=[N+]=[N-])[C@@H](COC(=O)CCC(=O)OCSc3ccccc3CNCCC(N)=O)O2)c(=O)[nH]c1=O. The lowest BCUT2D eigenvalue weighted by Crippen LogP contribution is -2.33. The number of carbonyl (C=O) groups is 3. The maximum Gasteiger partial charge on any atom is 0.330 e. The van der Waals surface area contributed by atoms with Gasteiger partial charge in [-0.1, -0.05) is 35.1 Å². The second kappa shape index (κ2) is 15.6. The molecule has 1 amide bonds. The summed E-state index contributed by atoms with van der Waals surface area (Å²) in [6, 6.07) is 6.81. The van der Waals surface area contributed by atoms with E-state index in [2.05, 4.69) is 20.3 Å². The van der Waals surface area contributed by atoms with Crippen LogP contribution in [0.2, 0.25) is 0 Å². The van der Waals surface area contributed by atoms with Gasteiger partial charge in [0.1, 0.15) is 24.9 Å². The Labute approximate surface area is 238 Å². The molecule has 4 N–H and O–H groups in total. The highest BCUT2D eigenvalue weighted by atomic mass is 32.2. The van der Waals surface area contributed by atoms with Crippen molar-refractivity contribution >= 4 is 29.6 Å². The number of aryl methyl sites for hydroxylation is 1. The molecule has 0 bridgehead atoms. The van der Waals surface area contributed by atoms with Gasteiger partial charge in [0, 0.05) is 47.5 Å². The van der Waals surface area contributed by atoms with Gasteiger partial charge in [0.2, 0.25) is 5.91 Å². The molecule has 1 aromatic carbocycles. The van der Waals surface area contributed by atoms with E-state index in [0.29, 0.717) is 18.7 Å². The number of nitrogens with two attached hydrogens (primary N) is 1. The Morgan fingerprint density at radius 3 is 2.68 bits per heavy atom. The topological polar surface area (TPSA) is 221 Å². The van der Waals surface area contributed by atoms with Gasteiger partial charge in [-0.25, -0.2) is 4.79 Å². The van der Waals surface area contributed by atoms with Crippen LogP contribution in [0.15, 0.2) is 50.1 Å². The average Bonchev–Trinajstić information content (AvgIpc) is 3.34. The number of ether oxygens (including phenoxy) is 3. The number of aromatic amines is 1. The van der Waals surface area contributed by atoms with E-state index in [1.54, 1.807) is 0 Å². The maximum absolute atomic E-state index is 12.2. The first-order valence-electron chi connectivity index (χ1n) is 12.7. The van der Waals surface area contributed by atoms with Crippen molar-refractivity contribution in [2.24, 2.45) is 10.8 Å². The molecular formula is C25H31N7O8S. The fourth-order valence-electron chi connectivity index (χ4n) is 3.93. The minimum absolute atomic E-state index is 0.0426. The monoisotopic (exact) mass is 589 g/mol. The Kier molecular flexibility index (Phi) is 12.0. The third-order valence-electron chi connectivity index (χ3n) is 6.07. The van der Waals surface area contributed by atoms with Crippen LogP contribution in [0.1, 0.15) is 43.0 Å². The molecule has 0 radical (unpaired) electrons. The van der Waals surface area contributed by atoms with Gasteiger partial charge in [-0.15, -0.1) is 0 Å². The molecule has 1 aliphatic rings. The van der Waals surface area contributed by atoms with Gasteiger partial charge in [0.25, 0.3) is 5.56 Å². The van der Waals surface area contributed by atoms with Gasteiger partial charge >= 0.3 is 17.6 Å². The van der Waals surface area contributed by atoms with Crippen molar-refractivity contribution in [2.45, 2.75) is 62.4 Å². The summed E-state index contributed by atoms with van der Waals surface area (Å²) in [7, 11) is 0. The number of azide groups is 1. The standard InChI is InChI=1S/C25H31N7O8S/c1-15-12-32(25(37)29-24(15)36)21-10-17(30-31-27)18(40-21)13-38-22(34)6-7-23(35)39-14-41-19-5-3-2-4-16(19)11-28-9-8-20(26)33/h2-5,12,17-18,21,28H,6-11,13-14H2,1H3,(H2,26,33)(H,29,36,37)/t17?,18-,21-/m1/s1. The molecule has 1 aliphatic heterocycles. The molecule has 3 atom stereocenters. The number of carbonyl (C=O) groups excluding carboxylic acids is 3. The number of nitrogens with one attached hydrogen (secondary N) is 2. The predicted octanol–water partition coefficient (Wildman–Crippen LogP) is 1.39. The summed E-state index contributed by atoms with van der Waals surface area (Å²) in [5.74, 6) is -1.60. The van der Waals surface area contributed by atoms with E-state index in [1.165, 1.54) is 29.4 Å². The molecule has 1 unspecified atom stereocenters. The number of rotatable bonds is 15. The molecule has 0 saturated carbocycles. The second-order valence-corrected chi connectivity index (χ2v) is 10.0. The third-order valence-corrected chi connectivity index (χ3v) is 7.02. The van der Waals surface area contributed by atoms with E-state index < -0.39 is 41.6 Å². The molecular weight excluding hydrogens is 558 g/mol. The molecule has 1 aromatic heterocycles. The van der Waals surface area contributed by atoms with E-state index in [4.69, 9.17) is 25.5 Å². The third kappa shape index (κ3) is 9.79. The lowest BCUT2D eigenvalue weighted by atomic mass is 10.1. The van der Waals surface area contributed by atoms with Crippen LogP contribution in [0.5, 0.6) is 0 Å². The van der Waals surface area contributed by atoms with Crippen LogP contribution in [-0.2, 0) is 35.1 Å². The van der Waals surface area contributed by atoms with Gasteiger partial charge < -0.3 is 25.3 Å². The van der Waals surface area contributed by atoms with E-state index >= 15 is 0 Å². The number of benzene rings is 1. The fraction of sp³-hybridized carbons (Fsp3) is 0.480. The van der Waals surface area contributed by atoms with Crippen molar-refractivity contribution in [3.8, 4) is 0 Å². The highest BCUT2D eigenvalue weighted by Gasteiger charge is 2.37. The summed E-state index contributed by atoms with van der Waals surface area (Å²) in [6.45, 7) is 2.24. The number of thioether (sulfide) groups is 1. The fourth-order valence-corrected chi connectivity index (χ4v) is 4.75. The lowest BCUT2D eigenvalue weighted by Gasteiger charge is -2.16. The first kappa shape index (κ1) is 31.4. The zero-order valence-electron chi connectivity index (χ0n) is 22.3. The quantitative estimate of drug-likeness (QED) is 0.0515. The summed E-state index contributed by atoms with van der Waals surface area (Å²) < 4.78 is 17.4. The Morgan fingerprint density at radius 1 is 1.22 bits per heavy atom. The number of nitrogens with zero attached hydrogens (tertiary/aromatic N) is 4. The Hall–Kier alpha value is -4.11. The Balaban J connectivity index is 1.41. The number of primary amides is 1. The first-order valence-corrected chi connectivity index (χ1v) is 13.7. The molecule has 3 rings (SSSR count). The van der Waals surface area contributed by atoms with Crippen LogP contribution in [0, 0.1) is 6.92 Å². The summed E-state index contributed by atoms with van der Waals surface area (Å²) >= 11 is 1.32. The van der Waals surface area contributed by atoms with Crippen molar-refractivity contribution < 1.29 is 28.6 Å². The highest BCUT2D eigenvalue weighted by Crippen LogP contribution is 2.30. The van der Waals surface area contributed by atoms with Crippen molar-refractivity contribution in [1.29, 1.82) is 0 Å². The second-order valence-electron chi connectivity index (χ2n) is 9.08. The van der Waals surface area contributed by atoms with Gasteiger partial charge in [-0.2, -0.15) is 0 Å². The smallest absolute Gasteiger partial charge is 0.330 e. The van der Waals surface area contributed by atoms with Crippen LogP contribution in [0.4, 0.5) is 0 Å². The normalized spacial score (nSPS) is 17.9. The van der Waals surface area contributed by atoms with Crippen LogP contribution in [0.25, 0.3) is 10.4 Å². The molecule has 1 fully saturated rings. The van der Waals surface area contributed by atoms with E-state index in [9.17, 15) is 24.0 Å². The van der Waals surface area contributed by atoms with Crippen molar-refractivity contribution in [1.82, 2.24) is 14.9 Å². The van der Waals surface area contributed by atoms with E-state index in [-0.39, 0.29) is 44.1 Å². The number of hydrogen-bond acceptors (Lipinski definition) is 11. The molecule has 0 aliphatic carbocycles. The Morgan fingerprint density at radius 2 is 1.95 bits per heavy atom. The molecule has 2 heterocycles. The van der Waals surface area contributed by atoms with Gasteiger partial charge in [0.15, 0.2) is 0 Å². The highest BCUT2D eigenvalue weighted by molar-refractivity contribution is 7.99. The van der Waals surface area contributed by atoms with Gasteiger partial charge in [-0.3, -0.25) is 28.7 Å². The molecule has 1 saturated heterocycles. The maximum atomic E-state index is 12.2. The lowest BCUT2D eigenvalue weighted by molar-refractivity contribution is -0.152. The summed E-state index contributed by atoms with van der Waals surface area (Å²) in [5.41, 5.74) is 14.1. The van der Waals surface area contributed by atoms with Crippen LogP contribution in [-0.4, -0.2) is 58.6 Å². The molecule has 15 nitrogen and oxygen atoms in total. The minimum atomic E-state index is -0.833. The van der Waals surface area contributed by atoms with Gasteiger partial charge in [-0.05, 0) is 24.1 Å². The van der Waals surface area contributed by atoms with Crippen LogP contribution in [0.3, 0.4) is 0 Å². The average molecular weight is 590 g/mol. The summed E-state index contributed by atoms with van der Waals surface area (Å²) in [4.78, 5) is 64.9. The number of hydrogen-bond donors (Lipinski definition) is 3. The number of aromatic nitrogens is 2. The van der Waals surface area contributed by atoms with E-state index in [1.807, 2.05) is 24.3 Å². The van der Waals surface area contributed by atoms with Crippen molar-refractivity contribution in [2.75, 3.05) is 19.1 Å².